The Kier molecular flexibility index (Phi) is 6.39. The molecule has 0 amide bonds. The van der Waals surface area contributed by atoms with E-state index in [0.717, 1.165) is 44.4 Å². The Morgan fingerprint density at radius 1 is 0.429 bits per heavy atom. The van der Waals surface area contributed by atoms with E-state index in [2.05, 4.69) is 181 Å². The lowest BCUT2D eigenvalue weighted by atomic mass is 9.98. The highest BCUT2D eigenvalue weighted by atomic mass is 32.1. The van der Waals surface area contributed by atoms with Gasteiger partial charge < -0.3 is 9.32 Å². The van der Waals surface area contributed by atoms with Crippen molar-refractivity contribution in [2.75, 3.05) is 4.90 Å². The van der Waals surface area contributed by atoms with E-state index in [4.69, 9.17) is 4.42 Å². The number of anilines is 3. The van der Waals surface area contributed by atoms with Gasteiger partial charge in [0.05, 0.1) is 16.8 Å². The van der Waals surface area contributed by atoms with Gasteiger partial charge in [-0.15, -0.1) is 11.3 Å². The molecule has 0 bridgehead atoms. The lowest BCUT2D eigenvalue weighted by Crippen LogP contribution is -2.11. The monoisotopic (exact) mass is 643 g/mol. The SMILES string of the molecule is c1ccc(-c2cccc(N(c3ccccc3-c3ccc4sc5ccccc5c4c3)c3cccc4oc5c6ccccc6ccc5c34)c2)cc1. The highest BCUT2D eigenvalue weighted by Crippen LogP contribution is 2.48. The average Bonchev–Trinajstić information content (AvgIpc) is 3.75. The molecule has 10 aromatic rings. The highest BCUT2D eigenvalue weighted by molar-refractivity contribution is 7.25. The summed E-state index contributed by atoms with van der Waals surface area (Å²) in [6.45, 7) is 0. The number of benzene rings is 8. The van der Waals surface area contributed by atoms with Gasteiger partial charge in [0, 0.05) is 42.2 Å². The van der Waals surface area contributed by atoms with Crippen molar-refractivity contribution in [2.24, 2.45) is 0 Å². The predicted molar refractivity (Wildman–Crippen MR) is 210 cm³/mol. The Labute approximate surface area is 287 Å². The molecule has 0 N–H and O–H groups in total. The zero-order valence-electron chi connectivity index (χ0n) is 26.5. The first-order valence-electron chi connectivity index (χ1n) is 16.6. The van der Waals surface area contributed by atoms with E-state index in [1.807, 2.05) is 11.3 Å². The van der Waals surface area contributed by atoms with E-state index in [0.29, 0.717) is 0 Å². The van der Waals surface area contributed by atoms with Crippen LogP contribution >= 0.6 is 11.3 Å². The van der Waals surface area contributed by atoms with Crippen LogP contribution in [-0.2, 0) is 0 Å². The Balaban J connectivity index is 1.26. The van der Waals surface area contributed by atoms with Crippen molar-refractivity contribution in [1.82, 2.24) is 0 Å². The van der Waals surface area contributed by atoms with Crippen LogP contribution in [0.4, 0.5) is 17.1 Å². The number of nitrogens with zero attached hydrogens (tertiary/aromatic N) is 1. The molecule has 2 heterocycles. The molecule has 10 rings (SSSR count). The van der Waals surface area contributed by atoms with E-state index in [1.165, 1.54) is 47.8 Å². The largest absolute Gasteiger partial charge is 0.455 e. The Morgan fingerprint density at radius 2 is 1.16 bits per heavy atom. The minimum atomic E-state index is 0.872. The predicted octanol–water partition coefficient (Wildman–Crippen LogP) is 13.9. The fourth-order valence-corrected chi connectivity index (χ4v) is 8.48. The summed E-state index contributed by atoms with van der Waals surface area (Å²) >= 11 is 1.85. The summed E-state index contributed by atoms with van der Waals surface area (Å²) in [5.41, 5.74) is 9.76. The molecule has 0 fully saturated rings. The molecular formula is C46H29NOS. The lowest BCUT2D eigenvalue weighted by Gasteiger charge is -2.29. The van der Waals surface area contributed by atoms with Gasteiger partial charge in [0.15, 0.2) is 0 Å². The number of fused-ring (bicyclic) bond motifs is 8. The minimum absolute atomic E-state index is 0.872. The zero-order chi connectivity index (χ0) is 32.3. The Bertz CT molecular complexity index is 2840. The number of para-hydroxylation sites is 1. The van der Waals surface area contributed by atoms with Crippen molar-refractivity contribution in [2.45, 2.75) is 0 Å². The number of hydrogen-bond donors (Lipinski definition) is 0. The van der Waals surface area contributed by atoms with Crippen molar-refractivity contribution >= 4 is 81.3 Å². The Morgan fingerprint density at radius 3 is 2.10 bits per heavy atom. The van der Waals surface area contributed by atoms with Crippen LogP contribution in [0.1, 0.15) is 0 Å². The number of thiophene rings is 1. The molecule has 0 saturated carbocycles. The summed E-state index contributed by atoms with van der Waals surface area (Å²) in [5.74, 6) is 0. The van der Waals surface area contributed by atoms with Crippen LogP contribution in [0.5, 0.6) is 0 Å². The third-order valence-electron chi connectivity index (χ3n) is 9.65. The van der Waals surface area contributed by atoms with Crippen molar-refractivity contribution < 1.29 is 4.42 Å². The fraction of sp³-hybridized carbons (Fsp3) is 0. The molecule has 3 heteroatoms. The van der Waals surface area contributed by atoms with Gasteiger partial charge >= 0.3 is 0 Å². The molecule has 0 radical (unpaired) electrons. The summed E-state index contributed by atoms with van der Waals surface area (Å²) in [5, 5.41) is 7.09. The van der Waals surface area contributed by atoms with Gasteiger partial charge in [-0.1, -0.05) is 121 Å². The molecule has 8 aromatic carbocycles. The van der Waals surface area contributed by atoms with Gasteiger partial charge in [-0.3, -0.25) is 0 Å². The normalized spacial score (nSPS) is 11.7. The topological polar surface area (TPSA) is 16.4 Å². The van der Waals surface area contributed by atoms with Crippen LogP contribution in [-0.4, -0.2) is 0 Å². The smallest absolute Gasteiger partial charge is 0.143 e. The Hall–Kier alpha value is -6.16. The molecule has 2 nitrogen and oxygen atoms in total. The third kappa shape index (κ3) is 4.55. The molecule has 0 aliphatic carbocycles. The number of furan rings is 1. The fourth-order valence-electron chi connectivity index (χ4n) is 7.39. The average molecular weight is 644 g/mol. The highest BCUT2D eigenvalue weighted by Gasteiger charge is 2.23. The van der Waals surface area contributed by atoms with E-state index in [9.17, 15) is 0 Å². The molecule has 0 saturated heterocycles. The van der Waals surface area contributed by atoms with Crippen molar-refractivity contribution in [3.8, 4) is 22.3 Å². The second-order valence-electron chi connectivity index (χ2n) is 12.5. The molecular weight excluding hydrogens is 615 g/mol. The summed E-state index contributed by atoms with van der Waals surface area (Å²) in [6, 6.07) is 63.2. The van der Waals surface area contributed by atoms with Gasteiger partial charge in [-0.05, 0) is 76.7 Å². The van der Waals surface area contributed by atoms with Gasteiger partial charge in [0.1, 0.15) is 11.2 Å². The maximum atomic E-state index is 6.69. The number of hydrogen-bond acceptors (Lipinski definition) is 3. The van der Waals surface area contributed by atoms with E-state index < -0.39 is 0 Å². The molecule has 0 aliphatic heterocycles. The summed E-state index contributed by atoms with van der Waals surface area (Å²) in [4.78, 5) is 2.42. The van der Waals surface area contributed by atoms with Crippen LogP contribution in [0.2, 0.25) is 0 Å². The van der Waals surface area contributed by atoms with Crippen molar-refractivity contribution in [3.05, 3.63) is 176 Å². The van der Waals surface area contributed by atoms with E-state index >= 15 is 0 Å². The second kappa shape index (κ2) is 11.2. The maximum absolute atomic E-state index is 6.69. The van der Waals surface area contributed by atoms with Crippen LogP contribution in [0.3, 0.4) is 0 Å². The first-order valence-corrected chi connectivity index (χ1v) is 17.4. The second-order valence-corrected chi connectivity index (χ2v) is 13.6. The molecule has 49 heavy (non-hydrogen) atoms. The summed E-state index contributed by atoms with van der Waals surface area (Å²) < 4.78 is 9.31. The van der Waals surface area contributed by atoms with Gasteiger partial charge in [-0.25, -0.2) is 0 Å². The maximum Gasteiger partial charge on any atom is 0.143 e. The minimum Gasteiger partial charge on any atom is -0.455 e. The zero-order valence-corrected chi connectivity index (χ0v) is 27.3. The van der Waals surface area contributed by atoms with Gasteiger partial charge in [0.25, 0.3) is 0 Å². The molecule has 0 atom stereocenters. The third-order valence-corrected chi connectivity index (χ3v) is 10.8. The number of rotatable bonds is 5. The van der Waals surface area contributed by atoms with Crippen LogP contribution in [0.15, 0.2) is 180 Å². The summed E-state index contributed by atoms with van der Waals surface area (Å²) in [6.07, 6.45) is 0. The molecule has 0 spiro atoms. The van der Waals surface area contributed by atoms with Gasteiger partial charge in [0.2, 0.25) is 0 Å². The van der Waals surface area contributed by atoms with E-state index in [1.54, 1.807) is 0 Å². The first kappa shape index (κ1) is 27.9. The lowest BCUT2D eigenvalue weighted by molar-refractivity contribution is 0.672. The molecule has 0 unspecified atom stereocenters. The van der Waals surface area contributed by atoms with Crippen molar-refractivity contribution in [1.29, 1.82) is 0 Å². The van der Waals surface area contributed by atoms with E-state index in [-0.39, 0.29) is 0 Å². The standard InChI is InChI=1S/C46H29NOS/c1-2-12-30(13-3-1)32-15-10-16-34(28-32)47(41-21-11-22-42-45(41)38-26-24-31-14-4-5-18-36(31)46(38)48-42)40-20-8-6-17-35(40)33-25-27-44-39(29-33)37-19-7-9-23-43(37)49-44/h1-29H. The summed E-state index contributed by atoms with van der Waals surface area (Å²) in [7, 11) is 0. The molecule has 2 aromatic heterocycles. The van der Waals surface area contributed by atoms with Crippen LogP contribution in [0, 0.1) is 0 Å². The van der Waals surface area contributed by atoms with Crippen LogP contribution < -0.4 is 4.90 Å². The molecule has 0 aliphatic rings. The first-order chi connectivity index (χ1) is 24.3. The van der Waals surface area contributed by atoms with Crippen molar-refractivity contribution in [3.63, 3.8) is 0 Å². The molecule has 230 valence electrons. The van der Waals surface area contributed by atoms with Crippen LogP contribution in [0.25, 0.3) is 75.1 Å². The quantitative estimate of drug-likeness (QED) is 0.186. The van der Waals surface area contributed by atoms with Gasteiger partial charge in [-0.2, -0.15) is 0 Å².